The Bertz CT molecular complexity index is 403. The molecule has 5 nitrogen and oxygen atoms in total. The summed E-state index contributed by atoms with van der Waals surface area (Å²) in [5.74, 6) is 4.65. The van der Waals surface area contributed by atoms with Gasteiger partial charge in [0.2, 0.25) is 0 Å². The van der Waals surface area contributed by atoms with Gasteiger partial charge >= 0.3 is 6.18 Å². The summed E-state index contributed by atoms with van der Waals surface area (Å²) in [5.41, 5.74) is 2.08. The van der Waals surface area contributed by atoms with Crippen LogP contribution < -0.4 is 11.3 Å². The summed E-state index contributed by atoms with van der Waals surface area (Å²) < 4.78 is 41.7. The quantitative estimate of drug-likeness (QED) is 0.478. The van der Waals surface area contributed by atoms with E-state index < -0.39 is 18.6 Å². The minimum Gasteiger partial charge on any atom is -0.467 e. The van der Waals surface area contributed by atoms with E-state index in [9.17, 15) is 18.0 Å². The Kier molecular flexibility index (Phi) is 4.74. The fourth-order valence-electron chi connectivity index (χ4n) is 1.42. The molecule has 0 radical (unpaired) electrons. The van der Waals surface area contributed by atoms with Gasteiger partial charge in [-0.15, -0.1) is 0 Å². The number of amides is 1. The second kappa shape index (κ2) is 5.87. The highest BCUT2D eigenvalue weighted by Gasteiger charge is 2.30. The zero-order chi connectivity index (χ0) is 13.8. The highest BCUT2D eigenvalue weighted by atomic mass is 19.4. The first-order chi connectivity index (χ1) is 8.35. The van der Waals surface area contributed by atoms with Gasteiger partial charge in [0.15, 0.2) is 0 Å². The topological polar surface area (TPSA) is 71.5 Å². The van der Waals surface area contributed by atoms with Gasteiger partial charge in [0.25, 0.3) is 5.91 Å². The van der Waals surface area contributed by atoms with E-state index in [1.165, 1.54) is 6.07 Å². The van der Waals surface area contributed by atoms with E-state index in [4.69, 9.17) is 10.3 Å². The Morgan fingerprint density at radius 1 is 1.56 bits per heavy atom. The van der Waals surface area contributed by atoms with E-state index in [0.29, 0.717) is 0 Å². The van der Waals surface area contributed by atoms with Gasteiger partial charge in [-0.25, -0.2) is 5.84 Å². The number of rotatable bonds is 5. The molecular weight excluding hydrogens is 251 g/mol. The molecule has 0 spiro atoms. The number of hydrazine groups is 1. The summed E-state index contributed by atoms with van der Waals surface area (Å²) in [7, 11) is 0. The summed E-state index contributed by atoms with van der Waals surface area (Å²) in [6, 6.07) is 1.36. The van der Waals surface area contributed by atoms with Crippen molar-refractivity contribution in [1.29, 1.82) is 0 Å². The number of alkyl halides is 3. The molecule has 102 valence electrons. The molecule has 0 aliphatic rings. The SMILES string of the molecule is CCN(Cc1cc(C(=O)NN)co1)CC(F)(F)F. The number of nitrogens with zero attached hydrogens (tertiary/aromatic N) is 1. The molecular formula is C10H14F3N3O2. The summed E-state index contributed by atoms with van der Waals surface area (Å²) in [4.78, 5) is 12.3. The molecule has 0 saturated carbocycles. The maximum Gasteiger partial charge on any atom is 0.401 e. The van der Waals surface area contributed by atoms with Crippen LogP contribution in [0.1, 0.15) is 23.0 Å². The van der Waals surface area contributed by atoms with Crippen LogP contribution in [0.5, 0.6) is 0 Å². The molecule has 0 aliphatic carbocycles. The van der Waals surface area contributed by atoms with Crippen molar-refractivity contribution in [3.8, 4) is 0 Å². The lowest BCUT2D eigenvalue weighted by Gasteiger charge is -2.20. The standard InChI is InChI=1S/C10H14F3N3O2/c1-2-16(6-10(11,12)13)4-8-3-7(5-18-8)9(17)15-14/h3,5H,2,4,6,14H2,1H3,(H,15,17). The minimum atomic E-state index is -4.26. The minimum absolute atomic E-state index is 0.0200. The lowest BCUT2D eigenvalue weighted by molar-refractivity contribution is -0.147. The van der Waals surface area contributed by atoms with E-state index in [1.807, 2.05) is 5.43 Å². The molecule has 0 fully saturated rings. The van der Waals surface area contributed by atoms with E-state index in [-0.39, 0.29) is 24.4 Å². The second-order valence-corrected chi connectivity index (χ2v) is 3.69. The third-order valence-electron chi connectivity index (χ3n) is 2.28. The van der Waals surface area contributed by atoms with Crippen LogP contribution in [0.4, 0.5) is 13.2 Å². The van der Waals surface area contributed by atoms with E-state index >= 15 is 0 Å². The third kappa shape index (κ3) is 4.38. The zero-order valence-electron chi connectivity index (χ0n) is 9.75. The molecule has 1 aromatic heterocycles. The van der Waals surface area contributed by atoms with Crippen molar-refractivity contribution in [2.24, 2.45) is 5.84 Å². The smallest absolute Gasteiger partial charge is 0.401 e. The van der Waals surface area contributed by atoms with E-state index in [2.05, 4.69) is 0 Å². The summed E-state index contributed by atoms with van der Waals surface area (Å²) in [5, 5.41) is 0. The average molecular weight is 265 g/mol. The van der Waals surface area contributed by atoms with E-state index in [1.54, 1.807) is 6.92 Å². The Morgan fingerprint density at radius 2 is 2.22 bits per heavy atom. The molecule has 1 rings (SSSR count). The Balaban J connectivity index is 2.65. The van der Waals surface area contributed by atoms with Crippen LogP contribution in [-0.2, 0) is 6.54 Å². The number of hydrogen-bond acceptors (Lipinski definition) is 4. The van der Waals surface area contributed by atoms with Crippen molar-refractivity contribution in [2.75, 3.05) is 13.1 Å². The van der Waals surface area contributed by atoms with Crippen LogP contribution in [-0.4, -0.2) is 30.1 Å². The largest absolute Gasteiger partial charge is 0.467 e. The Labute approximate surface area is 102 Å². The lowest BCUT2D eigenvalue weighted by Crippen LogP contribution is -2.33. The third-order valence-corrected chi connectivity index (χ3v) is 2.28. The van der Waals surface area contributed by atoms with Crippen LogP contribution in [0.25, 0.3) is 0 Å². The molecule has 1 heterocycles. The van der Waals surface area contributed by atoms with Crippen molar-refractivity contribution < 1.29 is 22.4 Å². The first-order valence-corrected chi connectivity index (χ1v) is 5.23. The molecule has 0 saturated heterocycles. The van der Waals surface area contributed by atoms with Crippen molar-refractivity contribution in [3.05, 3.63) is 23.7 Å². The Hall–Kier alpha value is -1.54. The zero-order valence-corrected chi connectivity index (χ0v) is 9.75. The van der Waals surface area contributed by atoms with Gasteiger partial charge in [-0.1, -0.05) is 6.92 Å². The fourth-order valence-corrected chi connectivity index (χ4v) is 1.42. The van der Waals surface area contributed by atoms with Crippen LogP contribution in [0.15, 0.2) is 16.7 Å². The highest BCUT2D eigenvalue weighted by molar-refractivity contribution is 5.93. The molecule has 0 bridgehead atoms. The van der Waals surface area contributed by atoms with Gasteiger partial charge in [0, 0.05) is 0 Å². The number of carbonyl (C=O) groups is 1. The van der Waals surface area contributed by atoms with Gasteiger partial charge in [-0.2, -0.15) is 13.2 Å². The number of nitrogens with one attached hydrogen (secondary N) is 1. The molecule has 3 N–H and O–H groups in total. The molecule has 1 amide bonds. The number of halogens is 3. The van der Waals surface area contributed by atoms with Gasteiger partial charge < -0.3 is 4.42 Å². The van der Waals surface area contributed by atoms with Crippen molar-refractivity contribution in [2.45, 2.75) is 19.6 Å². The Morgan fingerprint density at radius 3 is 2.72 bits per heavy atom. The van der Waals surface area contributed by atoms with Gasteiger partial charge in [0.05, 0.1) is 18.7 Å². The number of nitrogen functional groups attached to an aromatic ring is 1. The molecule has 1 aromatic rings. The molecule has 0 aromatic carbocycles. The number of nitrogens with two attached hydrogens (primary N) is 1. The number of furan rings is 1. The maximum atomic E-state index is 12.2. The van der Waals surface area contributed by atoms with E-state index in [0.717, 1.165) is 11.2 Å². The van der Waals surface area contributed by atoms with Crippen LogP contribution in [0.3, 0.4) is 0 Å². The summed E-state index contributed by atoms with van der Waals surface area (Å²) >= 11 is 0. The fraction of sp³-hybridized carbons (Fsp3) is 0.500. The van der Waals surface area contributed by atoms with Crippen molar-refractivity contribution >= 4 is 5.91 Å². The van der Waals surface area contributed by atoms with Gasteiger partial charge in [-0.3, -0.25) is 15.1 Å². The molecule has 18 heavy (non-hydrogen) atoms. The monoisotopic (exact) mass is 265 g/mol. The lowest BCUT2D eigenvalue weighted by atomic mass is 10.3. The molecule has 0 aliphatic heterocycles. The molecule has 8 heteroatoms. The first kappa shape index (κ1) is 14.5. The highest BCUT2D eigenvalue weighted by Crippen LogP contribution is 2.18. The maximum absolute atomic E-state index is 12.2. The predicted octanol–water partition coefficient (Wildman–Crippen LogP) is 1.27. The van der Waals surface area contributed by atoms with Crippen LogP contribution >= 0.6 is 0 Å². The average Bonchev–Trinajstić information content (AvgIpc) is 2.73. The normalized spacial score (nSPS) is 11.9. The van der Waals surface area contributed by atoms with Crippen molar-refractivity contribution in [3.63, 3.8) is 0 Å². The van der Waals surface area contributed by atoms with Gasteiger partial charge in [0.1, 0.15) is 12.0 Å². The number of hydrogen-bond donors (Lipinski definition) is 2. The predicted molar refractivity (Wildman–Crippen MR) is 57.4 cm³/mol. The summed E-state index contributed by atoms with van der Waals surface area (Å²) in [6.45, 7) is 0.789. The van der Waals surface area contributed by atoms with Crippen molar-refractivity contribution in [1.82, 2.24) is 10.3 Å². The summed E-state index contributed by atoms with van der Waals surface area (Å²) in [6.07, 6.45) is -3.11. The first-order valence-electron chi connectivity index (χ1n) is 5.23. The van der Waals surface area contributed by atoms with Crippen LogP contribution in [0, 0.1) is 0 Å². The van der Waals surface area contributed by atoms with Gasteiger partial charge in [-0.05, 0) is 12.6 Å². The second-order valence-electron chi connectivity index (χ2n) is 3.69. The molecule has 0 unspecified atom stereocenters. The number of carbonyl (C=O) groups excluding carboxylic acids is 1. The van der Waals surface area contributed by atoms with Crippen LogP contribution in [0.2, 0.25) is 0 Å². The molecule has 0 atom stereocenters.